The molecule has 29 heavy (non-hydrogen) atoms. The van der Waals surface area contributed by atoms with E-state index in [-0.39, 0.29) is 0 Å². The van der Waals surface area contributed by atoms with Gasteiger partial charge in [0, 0.05) is 21.7 Å². The Bertz CT molecular complexity index is 1060. The van der Waals surface area contributed by atoms with E-state index in [1.165, 1.54) is 11.3 Å². The van der Waals surface area contributed by atoms with Crippen LogP contribution >= 0.6 is 11.3 Å². The maximum Gasteiger partial charge on any atom is 0.349 e. The van der Waals surface area contributed by atoms with Crippen molar-refractivity contribution >= 4 is 28.9 Å². The van der Waals surface area contributed by atoms with Crippen molar-refractivity contribution in [3.8, 4) is 21.9 Å². The monoisotopic (exact) mass is 409 g/mol. The number of methoxy groups -OCH3 is 1. The van der Waals surface area contributed by atoms with E-state index < -0.39 is 18.0 Å². The van der Waals surface area contributed by atoms with Crippen LogP contribution in [0.25, 0.3) is 10.4 Å². The number of amides is 1. The molecule has 0 saturated heterocycles. The highest BCUT2D eigenvalue weighted by molar-refractivity contribution is 7.17. The summed E-state index contributed by atoms with van der Waals surface area (Å²) in [4.78, 5) is 26.4. The van der Waals surface area contributed by atoms with Crippen molar-refractivity contribution in [3.63, 3.8) is 0 Å². The number of thiophene rings is 1. The van der Waals surface area contributed by atoms with Gasteiger partial charge in [-0.2, -0.15) is 0 Å². The molecule has 7 heteroatoms. The Morgan fingerprint density at radius 1 is 1.14 bits per heavy atom. The van der Waals surface area contributed by atoms with Gasteiger partial charge in [0.05, 0.1) is 7.11 Å². The molecule has 4 rings (SSSR count). The zero-order chi connectivity index (χ0) is 20.4. The maximum absolute atomic E-state index is 12.6. The largest absolute Gasteiger partial charge is 0.497 e. The van der Waals surface area contributed by atoms with Gasteiger partial charge in [0.15, 0.2) is 6.10 Å². The van der Waals surface area contributed by atoms with Crippen molar-refractivity contribution in [3.05, 3.63) is 65.0 Å². The molecular weight excluding hydrogens is 390 g/mol. The van der Waals surface area contributed by atoms with Crippen LogP contribution < -0.4 is 14.8 Å². The number of benzene rings is 2. The summed E-state index contributed by atoms with van der Waals surface area (Å²) in [5.41, 5.74) is 2.50. The molecule has 0 saturated carbocycles. The van der Waals surface area contributed by atoms with Crippen LogP contribution in [0, 0.1) is 0 Å². The summed E-state index contributed by atoms with van der Waals surface area (Å²) in [6, 6.07) is 16.4. The second-order valence-electron chi connectivity index (χ2n) is 6.52. The summed E-state index contributed by atoms with van der Waals surface area (Å²) in [6.07, 6.45) is -0.938. The minimum absolute atomic E-state index is 0.404. The minimum Gasteiger partial charge on any atom is -0.497 e. The molecular formula is C22H19NO5S. The molecule has 0 bridgehead atoms. The molecule has 148 valence electrons. The van der Waals surface area contributed by atoms with E-state index >= 15 is 0 Å². The third kappa shape index (κ3) is 3.95. The number of carbonyl (C=O) groups excluding carboxylic acids is 2. The van der Waals surface area contributed by atoms with Gasteiger partial charge in [-0.15, -0.1) is 11.3 Å². The van der Waals surface area contributed by atoms with Crippen molar-refractivity contribution < 1.29 is 23.8 Å². The molecule has 6 nitrogen and oxygen atoms in total. The van der Waals surface area contributed by atoms with Gasteiger partial charge in [0.1, 0.15) is 23.0 Å². The van der Waals surface area contributed by atoms with E-state index in [1.807, 2.05) is 24.3 Å². The van der Waals surface area contributed by atoms with Crippen LogP contribution in [0.4, 0.5) is 5.69 Å². The molecule has 1 aromatic heterocycles. The average molecular weight is 409 g/mol. The van der Waals surface area contributed by atoms with Crippen LogP contribution in [0.15, 0.2) is 54.6 Å². The van der Waals surface area contributed by atoms with Gasteiger partial charge in [0.2, 0.25) is 0 Å². The van der Waals surface area contributed by atoms with Crippen molar-refractivity contribution in [2.45, 2.75) is 19.6 Å². The zero-order valence-corrected chi connectivity index (χ0v) is 16.7. The van der Waals surface area contributed by atoms with Gasteiger partial charge in [-0.05, 0) is 49.4 Å². The number of nitrogens with one attached hydrogen (secondary N) is 1. The zero-order valence-electron chi connectivity index (χ0n) is 15.9. The van der Waals surface area contributed by atoms with Crippen LogP contribution in [0.2, 0.25) is 0 Å². The Labute approximate surface area is 172 Å². The number of hydrogen-bond donors (Lipinski definition) is 1. The molecule has 1 aliphatic heterocycles. The summed E-state index contributed by atoms with van der Waals surface area (Å²) in [7, 11) is 1.57. The molecule has 2 heterocycles. The summed E-state index contributed by atoms with van der Waals surface area (Å²) >= 11 is 1.35. The average Bonchev–Trinajstić information content (AvgIpc) is 3.19. The first kappa shape index (κ1) is 19.0. The SMILES string of the molecule is COc1ccc(NC(=O)[C@@H](C)OC(=O)c2cc3c(s2)-c2ccccc2OC3)cc1. The molecule has 0 spiro atoms. The van der Waals surface area contributed by atoms with E-state index in [0.29, 0.717) is 22.9 Å². The highest BCUT2D eigenvalue weighted by Crippen LogP contribution is 2.42. The lowest BCUT2D eigenvalue weighted by molar-refractivity contribution is -0.123. The molecule has 1 N–H and O–H groups in total. The number of fused-ring (bicyclic) bond motifs is 3. The number of esters is 1. The molecule has 0 aliphatic carbocycles. The third-order valence-corrected chi connectivity index (χ3v) is 5.73. The first-order chi connectivity index (χ1) is 14.0. The first-order valence-corrected chi connectivity index (χ1v) is 9.87. The molecule has 3 aromatic rings. The van der Waals surface area contributed by atoms with Crippen molar-refractivity contribution in [2.75, 3.05) is 12.4 Å². The van der Waals surface area contributed by atoms with E-state index in [2.05, 4.69) is 5.32 Å². The van der Waals surface area contributed by atoms with Gasteiger partial charge >= 0.3 is 5.97 Å². The van der Waals surface area contributed by atoms with Crippen molar-refractivity contribution in [1.82, 2.24) is 0 Å². The topological polar surface area (TPSA) is 73.9 Å². The molecule has 1 aliphatic rings. The fourth-order valence-electron chi connectivity index (χ4n) is 2.99. The summed E-state index contributed by atoms with van der Waals surface area (Å²) < 4.78 is 16.2. The van der Waals surface area contributed by atoms with Crippen LogP contribution in [0.3, 0.4) is 0 Å². The second-order valence-corrected chi connectivity index (χ2v) is 7.57. The molecule has 0 unspecified atom stereocenters. The van der Waals surface area contributed by atoms with E-state index in [4.69, 9.17) is 14.2 Å². The van der Waals surface area contributed by atoms with E-state index in [0.717, 1.165) is 21.8 Å². The standard InChI is InChI=1S/C22H19NO5S/c1-13(21(24)23-15-7-9-16(26-2)10-8-15)28-22(25)19-11-14-12-27-18-6-4-3-5-17(18)20(14)29-19/h3-11,13H,12H2,1-2H3,(H,23,24)/t13-/m1/s1. The molecule has 1 amide bonds. The lowest BCUT2D eigenvalue weighted by Crippen LogP contribution is -2.29. The van der Waals surface area contributed by atoms with Crippen molar-refractivity contribution in [2.24, 2.45) is 0 Å². The Morgan fingerprint density at radius 3 is 2.66 bits per heavy atom. The first-order valence-electron chi connectivity index (χ1n) is 9.06. The highest BCUT2D eigenvalue weighted by atomic mass is 32.1. The van der Waals surface area contributed by atoms with Gasteiger partial charge in [0.25, 0.3) is 5.91 Å². The Hall–Kier alpha value is -3.32. The summed E-state index contributed by atoms with van der Waals surface area (Å²) in [6.45, 7) is 1.95. The van der Waals surface area contributed by atoms with Crippen LogP contribution in [-0.2, 0) is 16.1 Å². The predicted molar refractivity (Wildman–Crippen MR) is 111 cm³/mol. The van der Waals surface area contributed by atoms with Gasteiger partial charge in [-0.25, -0.2) is 4.79 Å². The Kier molecular flexibility index (Phi) is 5.22. The van der Waals surface area contributed by atoms with Gasteiger partial charge < -0.3 is 19.5 Å². The maximum atomic E-state index is 12.6. The van der Waals surface area contributed by atoms with Gasteiger partial charge in [-0.1, -0.05) is 12.1 Å². The number of ether oxygens (including phenoxy) is 3. The van der Waals surface area contributed by atoms with Crippen LogP contribution in [-0.4, -0.2) is 25.1 Å². The molecule has 2 aromatic carbocycles. The predicted octanol–water partition coefficient (Wildman–Crippen LogP) is 4.50. The highest BCUT2D eigenvalue weighted by Gasteiger charge is 2.25. The Morgan fingerprint density at radius 2 is 1.90 bits per heavy atom. The smallest absolute Gasteiger partial charge is 0.349 e. The van der Waals surface area contributed by atoms with Crippen LogP contribution in [0.5, 0.6) is 11.5 Å². The summed E-state index contributed by atoms with van der Waals surface area (Å²) in [5, 5.41) is 2.72. The number of anilines is 1. The number of para-hydroxylation sites is 1. The minimum atomic E-state index is -0.938. The Balaban J connectivity index is 1.43. The fraction of sp³-hybridized carbons (Fsp3) is 0.182. The summed E-state index contributed by atoms with van der Waals surface area (Å²) in [5.74, 6) is 0.557. The number of rotatable bonds is 5. The lowest BCUT2D eigenvalue weighted by atomic mass is 10.1. The normalized spacial score (nSPS) is 12.8. The number of hydrogen-bond acceptors (Lipinski definition) is 6. The van der Waals surface area contributed by atoms with Crippen molar-refractivity contribution in [1.29, 1.82) is 0 Å². The van der Waals surface area contributed by atoms with E-state index in [1.54, 1.807) is 44.4 Å². The van der Waals surface area contributed by atoms with Gasteiger partial charge in [-0.3, -0.25) is 4.79 Å². The second kappa shape index (κ2) is 7.97. The molecule has 0 fully saturated rings. The molecule has 1 atom stereocenters. The quantitative estimate of drug-likeness (QED) is 0.628. The molecule has 0 radical (unpaired) electrons. The van der Waals surface area contributed by atoms with Crippen LogP contribution in [0.1, 0.15) is 22.2 Å². The fourth-order valence-corrected chi connectivity index (χ4v) is 4.07. The third-order valence-electron chi connectivity index (χ3n) is 4.54. The number of carbonyl (C=O) groups is 2. The van der Waals surface area contributed by atoms with E-state index in [9.17, 15) is 9.59 Å². The lowest BCUT2D eigenvalue weighted by Gasteiger charge is -2.16.